The van der Waals surface area contributed by atoms with E-state index < -0.39 is 90.3 Å². The van der Waals surface area contributed by atoms with Crippen LogP contribution in [-0.4, -0.2) is 87.1 Å². The average Bonchev–Trinajstić information content (AvgIpc) is 3.46. The molecule has 0 bridgehead atoms. The molecule has 0 aromatic carbocycles. The van der Waals surface area contributed by atoms with Crippen molar-refractivity contribution in [2.24, 2.45) is 0 Å². The van der Waals surface area contributed by atoms with Crippen molar-refractivity contribution in [3.63, 3.8) is 0 Å². The minimum Gasteiger partial charge on any atom is -0.342 e. The van der Waals surface area contributed by atoms with E-state index in [9.17, 15) is 57.1 Å². The Labute approximate surface area is 220 Å². The zero-order valence-electron chi connectivity index (χ0n) is 21.0. The summed E-state index contributed by atoms with van der Waals surface area (Å²) >= 11 is 0. The quantitative estimate of drug-likeness (QED) is 0.399. The summed E-state index contributed by atoms with van der Waals surface area (Å²) in [6.07, 6.45) is -12.8. The van der Waals surface area contributed by atoms with E-state index in [1.807, 2.05) is 0 Å². The molecule has 3 aliphatic rings. The summed E-state index contributed by atoms with van der Waals surface area (Å²) in [4.78, 5) is 0. The second kappa shape index (κ2) is 9.02. The predicted molar refractivity (Wildman–Crippen MR) is 102 cm³/mol. The molecule has 0 saturated carbocycles. The fraction of sp³-hybridized carbons (Fsp3) is 0.900. The molecule has 4 rings (SSSR count). The topological polar surface area (TPSA) is 76.9 Å². The molecular weight excluding hydrogens is 609 g/mol. The van der Waals surface area contributed by atoms with Gasteiger partial charge in [-0.25, -0.2) is 4.68 Å². The van der Waals surface area contributed by atoms with Crippen molar-refractivity contribution < 1.29 is 80.8 Å². The van der Waals surface area contributed by atoms with Crippen LogP contribution in [0, 0.1) is 0 Å². The monoisotopic (exact) mass is 629 g/mol. The van der Waals surface area contributed by atoms with Crippen molar-refractivity contribution in [2.75, 3.05) is 0 Å². The van der Waals surface area contributed by atoms with Gasteiger partial charge in [-0.15, -0.1) is 5.10 Å². The van der Waals surface area contributed by atoms with Gasteiger partial charge in [-0.1, -0.05) is 5.21 Å². The summed E-state index contributed by atoms with van der Waals surface area (Å²) in [5.74, 6) is -40.3. The van der Waals surface area contributed by atoms with Crippen LogP contribution >= 0.6 is 0 Å². The Hall–Kier alpha value is -1.97. The van der Waals surface area contributed by atoms with Crippen LogP contribution in [-0.2, 0) is 36.2 Å². The number of halogens is 13. The molecule has 4 heterocycles. The molecule has 8 nitrogen and oxygen atoms in total. The molecule has 3 fully saturated rings. The standard InChI is InChI=1S/C20H20F13N3O5/c1-13(2)38-9-7(37-12-11(10(9)39-13)40-14(3,4)41-12)5-36-6-8(34-35-36)15(21,22)16(23,24)17(25,26)18(27,28)19(29,30)20(31,32)33/h6-7,9-12H,5H2,1-4H3/t7-,9+,10+,11-,12-/m1/s1. The van der Waals surface area contributed by atoms with Crippen LogP contribution in [0.1, 0.15) is 33.4 Å². The first-order valence-corrected chi connectivity index (χ1v) is 11.4. The van der Waals surface area contributed by atoms with Gasteiger partial charge < -0.3 is 23.7 Å². The molecule has 0 aliphatic carbocycles. The van der Waals surface area contributed by atoms with Crippen LogP contribution in [0.5, 0.6) is 0 Å². The lowest BCUT2D eigenvalue weighted by Crippen LogP contribution is -2.69. The number of hydrogen-bond acceptors (Lipinski definition) is 7. The van der Waals surface area contributed by atoms with E-state index in [2.05, 4.69) is 10.3 Å². The van der Waals surface area contributed by atoms with Crippen LogP contribution < -0.4 is 0 Å². The van der Waals surface area contributed by atoms with Gasteiger partial charge in [0.1, 0.15) is 24.4 Å². The lowest BCUT2D eigenvalue weighted by Gasteiger charge is -2.39. The third-order valence-electron chi connectivity index (χ3n) is 6.41. The number of aromatic nitrogens is 3. The van der Waals surface area contributed by atoms with Crippen LogP contribution in [0.3, 0.4) is 0 Å². The van der Waals surface area contributed by atoms with Crippen LogP contribution in [0.25, 0.3) is 0 Å². The third-order valence-corrected chi connectivity index (χ3v) is 6.41. The number of hydrogen-bond donors (Lipinski definition) is 0. The fourth-order valence-corrected chi connectivity index (χ4v) is 4.49. The molecule has 41 heavy (non-hydrogen) atoms. The number of rotatable bonds is 7. The molecule has 3 saturated heterocycles. The Morgan fingerprint density at radius 1 is 0.683 bits per heavy atom. The molecule has 21 heteroatoms. The van der Waals surface area contributed by atoms with Gasteiger partial charge >= 0.3 is 35.8 Å². The second-order valence-electron chi connectivity index (χ2n) is 10.4. The summed E-state index contributed by atoms with van der Waals surface area (Å²) in [5.41, 5.74) is -2.45. The minimum absolute atomic E-state index is 0.134. The van der Waals surface area contributed by atoms with Crippen molar-refractivity contribution in [1.82, 2.24) is 15.0 Å². The van der Waals surface area contributed by atoms with Crippen molar-refractivity contribution in [3.05, 3.63) is 11.9 Å². The SMILES string of the molecule is CC1(C)O[C@H]2[C@@H](O1)[C@@H](Cn1cc(C(F)(F)C(F)(F)C(F)(F)C(F)(F)C(F)(F)C(F)(F)F)nn1)O[C@@H]1OC(C)(C)O[C@@H]12. The molecule has 0 N–H and O–H groups in total. The Morgan fingerprint density at radius 3 is 1.73 bits per heavy atom. The number of alkyl halides is 13. The first-order chi connectivity index (χ1) is 18.2. The van der Waals surface area contributed by atoms with E-state index in [1.54, 1.807) is 0 Å². The summed E-state index contributed by atoms with van der Waals surface area (Å²) in [7, 11) is 0. The van der Waals surface area contributed by atoms with Gasteiger partial charge in [0.15, 0.2) is 23.6 Å². The van der Waals surface area contributed by atoms with Gasteiger partial charge in [-0.2, -0.15) is 57.1 Å². The number of nitrogens with zero attached hydrogens (tertiary/aromatic N) is 3. The molecule has 0 spiro atoms. The van der Waals surface area contributed by atoms with E-state index >= 15 is 0 Å². The smallest absolute Gasteiger partial charge is 0.342 e. The van der Waals surface area contributed by atoms with E-state index in [-0.39, 0.29) is 6.20 Å². The predicted octanol–water partition coefficient (Wildman–Crippen LogP) is 4.87. The lowest BCUT2D eigenvalue weighted by atomic mass is 9.93. The third kappa shape index (κ3) is 4.74. The highest BCUT2D eigenvalue weighted by atomic mass is 19.4. The second-order valence-corrected chi connectivity index (χ2v) is 10.4. The highest BCUT2D eigenvalue weighted by Gasteiger charge is 2.91. The summed E-state index contributed by atoms with van der Waals surface area (Å²) in [6.45, 7) is 5.32. The van der Waals surface area contributed by atoms with E-state index in [4.69, 9.17) is 23.7 Å². The Kier molecular flexibility index (Phi) is 7.03. The Balaban J connectivity index is 1.60. The largest absolute Gasteiger partial charge is 0.460 e. The zero-order chi connectivity index (χ0) is 31.4. The number of ether oxygens (including phenoxy) is 5. The normalized spacial score (nSPS) is 30.8. The van der Waals surface area contributed by atoms with Gasteiger partial charge in [0.25, 0.3) is 0 Å². The lowest BCUT2D eigenvalue weighted by molar-refractivity contribution is -0.442. The molecule has 1 aromatic rings. The molecule has 0 unspecified atom stereocenters. The van der Waals surface area contributed by atoms with E-state index in [0.717, 1.165) is 0 Å². The molecular formula is C20H20F13N3O5. The first-order valence-electron chi connectivity index (χ1n) is 11.4. The summed E-state index contributed by atoms with van der Waals surface area (Å²) in [6, 6.07) is 0. The van der Waals surface area contributed by atoms with Gasteiger partial charge in [0, 0.05) is 0 Å². The minimum atomic E-state index is -8.02. The summed E-state index contributed by atoms with van der Waals surface area (Å²) in [5, 5.41) is 5.57. The van der Waals surface area contributed by atoms with Gasteiger partial charge in [0.05, 0.1) is 12.7 Å². The maximum Gasteiger partial charge on any atom is 0.460 e. The Morgan fingerprint density at radius 2 is 1.17 bits per heavy atom. The maximum absolute atomic E-state index is 14.5. The number of fused-ring (bicyclic) bond motifs is 3. The van der Waals surface area contributed by atoms with Crippen LogP contribution in [0.4, 0.5) is 57.1 Å². The highest BCUT2D eigenvalue weighted by molar-refractivity contribution is 5.17. The molecule has 3 aliphatic heterocycles. The van der Waals surface area contributed by atoms with Crippen molar-refractivity contribution in [3.8, 4) is 0 Å². The van der Waals surface area contributed by atoms with Crippen molar-refractivity contribution in [1.29, 1.82) is 0 Å². The Bertz CT molecular complexity index is 1160. The van der Waals surface area contributed by atoms with Gasteiger partial charge in [-0.05, 0) is 27.7 Å². The first kappa shape index (κ1) is 32.0. The van der Waals surface area contributed by atoms with E-state index in [0.29, 0.717) is 4.68 Å². The average molecular weight is 629 g/mol. The van der Waals surface area contributed by atoms with Gasteiger partial charge in [0.2, 0.25) is 0 Å². The summed E-state index contributed by atoms with van der Waals surface area (Å²) < 4.78 is 204. The fourth-order valence-electron chi connectivity index (χ4n) is 4.49. The molecule has 1 aromatic heterocycles. The molecule has 236 valence electrons. The van der Waals surface area contributed by atoms with Crippen molar-refractivity contribution >= 4 is 0 Å². The van der Waals surface area contributed by atoms with Gasteiger partial charge in [-0.3, -0.25) is 0 Å². The molecule has 0 amide bonds. The van der Waals surface area contributed by atoms with Crippen LogP contribution in [0.2, 0.25) is 0 Å². The maximum atomic E-state index is 14.5. The van der Waals surface area contributed by atoms with Crippen molar-refractivity contribution in [2.45, 2.75) is 112 Å². The molecule has 0 radical (unpaired) electrons. The highest BCUT2D eigenvalue weighted by Crippen LogP contribution is 2.61. The van der Waals surface area contributed by atoms with Crippen LogP contribution in [0.15, 0.2) is 6.20 Å². The zero-order valence-corrected chi connectivity index (χ0v) is 21.0. The van der Waals surface area contributed by atoms with E-state index in [1.165, 1.54) is 27.7 Å². The molecule has 5 atom stereocenters.